The summed E-state index contributed by atoms with van der Waals surface area (Å²) in [5.74, 6) is 0.640. The molecule has 1 aromatic heterocycles. The molecule has 0 saturated carbocycles. The molecule has 0 spiro atoms. The first kappa shape index (κ1) is 20.0. The summed E-state index contributed by atoms with van der Waals surface area (Å²) in [4.78, 5) is 25.2. The third kappa shape index (κ3) is 3.29. The lowest BCUT2D eigenvalue weighted by Gasteiger charge is -2.28. The van der Waals surface area contributed by atoms with Gasteiger partial charge in [0.05, 0.1) is 20.3 Å². The van der Waals surface area contributed by atoms with Crippen LogP contribution in [0.3, 0.4) is 0 Å². The Morgan fingerprint density at radius 2 is 1.96 bits per heavy atom. The molecule has 150 valence electrons. The number of aromatic nitrogens is 2. The van der Waals surface area contributed by atoms with Crippen molar-refractivity contribution in [2.45, 2.75) is 30.6 Å². The van der Waals surface area contributed by atoms with Crippen LogP contribution in [0.15, 0.2) is 58.8 Å². The first-order valence-electron chi connectivity index (χ1n) is 8.61. The number of hydrogen-bond acceptors (Lipinski definition) is 7. The van der Waals surface area contributed by atoms with Gasteiger partial charge in [-0.1, -0.05) is 24.8 Å². The minimum absolute atomic E-state index is 0.00623. The Balaban J connectivity index is 2.02. The number of benzene rings is 1. The number of aliphatic hydroxyl groups excluding tert-OH is 2. The van der Waals surface area contributed by atoms with E-state index >= 15 is 0 Å². The SMILES string of the molecule is C=C[C@@]1(O)[C@H](O)[C@@H](CO)O[C@H]1n1ccc(=O)n(Cc2ccc(OC)cc2)c1=O. The van der Waals surface area contributed by atoms with Gasteiger partial charge in [0.15, 0.2) is 11.8 Å². The number of ether oxygens (including phenoxy) is 2. The summed E-state index contributed by atoms with van der Waals surface area (Å²) in [5.41, 5.74) is -2.59. The fourth-order valence-electron chi connectivity index (χ4n) is 3.21. The van der Waals surface area contributed by atoms with Gasteiger partial charge < -0.3 is 24.8 Å². The maximum atomic E-state index is 12.9. The van der Waals surface area contributed by atoms with Gasteiger partial charge in [-0.2, -0.15) is 0 Å². The van der Waals surface area contributed by atoms with Crippen LogP contribution in [0.1, 0.15) is 11.8 Å². The van der Waals surface area contributed by atoms with Crippen LogP contribution in [-0.4, -0.2) is 56.0 Å². The van der Waals surface area contributed by atoms with Crippen LogP contribution in [0.4, 0.5) is 0 Å². The molecule has 2 heterocycles. The van der Waals surface area contributed by atoms with Crippen molar-refractivity contribution in [3.63, 3.8) is 0 Å². The summed E-state index contributed by atoms with van der Waals surface area (Å²) in [6.45, 7) is 2.93. The summed E-state index contributed by atoms with van der Waals surface area (Å²) < 4.78 is 12.6. The molecule has 28 heavy (non-hydrogen) atoms. The van der Waals surface area contributed by atoms with E-state index < -0.39 is 41.9 Å². The first-order valence-corrected chi connectivity index (χ1v) is 8.61. The van der Waals surface area contributed by atoms with Crippen molar-refractivity contribution in [1.82, 2.24) is 9.13 Å². The highest BCUT2D eigenvalue weighted by molar-refractivity contribution is 5.27. The molecule has 3 rings (SSSR count). The summed E-state index contributed by atoms with van der Waals surface area (Å²) in [6.07, 6.45) is -1.72. The molecule has 3 N–H and O–H groups in total. The quantitative estimate of drug-likeness (QED) is 0.554. The summed E-state index contributed by atoms with van der Waals surface area (Å²) >= 11 is 0. The summed E-state index contributed by atoms with van der Waals surface area (Å²) in [5, 5.41) is 30.3. The first-order chi connectivity index (χ1) is 13.3. The molecule has 1 aliphatic rings. The highest BCUT2D eigenvalue weighted by Crippen LogP contribution is 2.38. The molecule has 1 fully saturated rings. The molecule has 1 aromatic carbocycles. The van der Waals surface area contributed by atoms with Crippen LogP contribution < -0.4 is 16.0 Å². The number of aliphatic hydroxyl groups is 3. The van der Waals surface area contributed by atoms with Crippen molar-refractivity contribution < 1.29 is 24.8 Å². The number of methoxy groups -OCH3 is 1. The minimum atomic E-state index is -2.01. The van der Waals surface area contributed by atoms with Crippen LogP contribution in [0, 0.1) is 0 Å². The molecule has 1 aliphatic heterocycles. The van der Waals surface area contributed by atoms with Gasteiger partial charge in [-0.3, -0.25) is 13.9 Å². The monoisotopic (exact) mass is 390 g/mol. The van der Waals surface area contributed by atoms with Crippen molar-refractivity contribution in [1.29, 1.82) is 0 Å². The van der Waals surface area contributed by atoms with E-state index in [-0.39, 0.29) is 6.54 Å². The third-order valence-electron chi connectivity index (χ3n) is 4.88. The molecule has 0 aliphatic carbocycles. The Labute approximate surface area is 160 Å². The molecule has 1 saturated heterocycles. The van der Waals surface area contributed by atoms with Crippen LogP contribution in [0.25, 0.3) is 0 Å². The fraction of sp³-hybridized carbons (Fsp3) is 0.368. The van der Waals surface area contributed by atoms with E-state index in [2.05, 4.69) is 6.58 Å². The fourth-order valence-corrected chi connectivity index (χ4v) is 3.21. The number of rotatable bonds is 6. The Morgan fingerprint density at radius 1 is 1.29 bits per heavy atom. The van der Waals surface area contributed by atoms with Gasteiger partial charge in [0, 0.05) is 12.3 Å². The van der Waals surface area contributed by atoms with Crippen molar-refractivity contribution >= 4 is 0 Å². The predicted octanol–water partition coefficient (Wildman–Crippen LogP) is -0.765. The smallest absolute Gasteiger partial charge is 0.333 e. The zero-order valence-electron chi connectivity index (χ0n) is 15.3. The lowest BCUT2D eigenvalue weighted by molar-refractivity contribution is -0.0818. The van der Waals surface area contributed by atoms with E-state index in [1.807, 2.05) is 0 Å². The van der Waals surface area contributed by atoms with Crippen molar-refractivity contribution in [2.24, 2.45) is 0 Å². The predicted molar refractivity (Wildman–Crippen MR) is 99.2 cm³/mol. The minimum Gasteiger partial charge on any atom is -0.497 e. The summed E-state index contributed by atoms with van der Waals surface area (Å²) in [7, 11) is 1.53. The zero-order chi connectivity index (χ0) is 20.5. The van der Waals surface area contributed by atoms with Crippen LogP contribution in [-0.2, 0) is 11.3 Å². The van der Waals surface area contributed by atoms with Crippen molar-refractivity contribution in [3.05, 3.63) is 75.6 Å². The molecule has 4 atom stereocenters. The molecular formula is C19H22N2O7. The Kier molecular flexibility index (Phi) is 5.52. The molecule has 0 bridgehead atoms. The van der Waals surface area contributed by atoms with E-state index in [1.54, 1.807) is 24.3 Å². The van der Waals surface area contributed by atoms with E-state index in [0.717, 1.165) is 21.3 Å². The average molecular weight is 390 g/mol. The largest absolute Gasteiger partial charge is 0.497 e. The Bertz CT molecular complexity index is 965. The number of nitrogens with zero attached hydrogens (tertiary/aromatic N) is 2. The maximum absolute atomic E-state index is 12.9. The molecule has 9 heteroatoms. The highest BCUT2D eigenvalue weighted by atomic mass is 16.6. The molecule has 9 nitrogen and oxygen atoms in total. The zero-order valence-corrected chi connectivity index (χ0v) is 15.3. The molecule has 2 aromatic rings. The molecule has 0 amide bonds. The van der Waals surface area contributed by atoms with Gasteiger partial charge in [0.25, 0.3) is 5.56 Å². The van der Waals surface area contributed by atoms with Gasteiger partial charge >= 0.3 is 5.69 Å². The third-order valence-corrected chi connectivity index (χ3v) is 4.88. The Hall–Kier alpha value is -2.72. The maximum Gasteiger partial charge on any atom is 0.333 e. The number of hydrogen-bond donors (Lipinski definition) is 3. The lowest BCUT2D eigenvalue weighted by atomic mass is 9.94. The van der Waals surface area contributed by atoms with Gasteiger partial charge in [0.1, 0.15) is 18.0 Å². The van der Waals surface area contributed by atoms with E-state index in [9.17, 15) is 24.9 Å². The van der Waals surface area contributed by atoms with Crippen molar-refractivity contribution in [2.75, 3.05) is 13.7 Å². The second-order valence-electron chi connectivity index (χ2n) is 6.52. The van der Waals surface area contributed by atoms with E-state index in [1.165, 1.54) is 13.3 Å². The van der Waals surface area contributed by atoms with Crippen LogP contribution in [0.5, 0.6) is 5.75 Å². The van der Waals surface area contributed by atoms with Crippen LogP contribution in [0.2, 0.25) is 0 Å². The highest BCUT2D eigenvalue weighted by Gasteiger charge is 2.54. The second kappa shape index (κ2) is 7.72. The normalized spacial score (nSPS) is 26.9. The lowest BCUT2D eigenvalue weighted by Crippen LogP contribution is -2.49. The van der Waals surface area contributed by atoms with Gasteiger partial charge in [0.2, 0.25) is 0 Å². The second-order valence-corrected chi connectivity index (χ2v) is 6.52. The van der Waals surface area contributed by atoms with Gasteiger partial charge in [-0.15, -0.1) is 0 Å². The van der Waals surface area contributed by atoms with E-state index in [4.69, 9.17) is 9.47 Å². The standard InChI is InChI=1S/C19H22N2O7/c1-3-19(26)16(24)14(11-22)28-17(19)20-9-8-15(23)21(18(20)25)10-12-4-6-13(27-2)7-5-12/h3-9,14,16-17,22,24,26H,1,10-11H2,2H3/t14-,16-,17-,19-/m1/s1. The summed E-state index contributed by atoms with van der Waals surface area (Å²) in [6, 6.07) is 8.02. The molecular weight excluding hydrogens is 368 g/mol. The van der Waals surface area contributed by atoms with Crippen molar-refractivity contribution in [3.8, 4) is 5.75 Å². The van der Waals surface area contributed by atoms with Crippen LogP contribution >= 0.6 is 0 Å². The molecule has 0 radical (unpaired) electrons. The average Bonchev–Trinajstić information content (AvgIpc) is 2.97. The molecule has 0 unspecified atom stereocenters. The van der Waals surface area contributed by atoms with E-state index in [0.29, 0.717) is 11.3 Å². The Morgan fingerprint density at radius 3 is 2.54 bits per heavy atom. The van der Waals surface area contributed by atoms with Gasteiger partial charge in [-0.05, 0) is 17.7 Å². The van der Waals surface area contributed by atoms with Gasteiger partial charge in [-0.25, -0.2) is 4.79 Å². The topological polar surface area (TPSA) is 123 Å².